The molecule has 0 radical (unpaired) electrons. The van der Waals surface area contributed by atoms with E-state index in [1.54, 1.807) is 6.07 Å². The average molecular weight is 299 g/mol. The zero-order chi connectivity index (χ0) is 14.8. The highest BCUT2D eigenvalue weighted by atomic mass is 32.2. The van der Waals surface area contributed by atoms with Gasteiger partial charge in [-0.15, -0.1) is 0 Å². The molecule has 0 unspecified atom stereocenters. The van der Waals surface area contributed by atoms with E-state index in [1.165, 1.54) is 12.1 Å². The van der Waals surface area contributed by atoms with Gasteiger partial charge in [0.15, 0.2) is 9.84 Å². The number of hydrogen-bond acceptors (Lipinski definition) is 3. The lowest BCUT2D eigenvalue weighted by Gasteiger charge is -2.29. The molecule has 0 bridgehead atoms. The third-order valence-electron chi connectivity index (χ3n) is 3.60. The molecule has 20 heavy (non-hydrogen) atoms. The maximum Gasteiger partial charge on any atom is 0.151 e. The summed E-state index contributed by atoms with van der Waals surface area (Å²) in [6.07, 6.45) is 0.685. The van der Waals surface area contributed by atoms with Gasteiger partial charge >= 0.3 is 0 Å². The normalized spacial score (nSPS) is 21.8. The number of rotatable bonds is 5. The molecule has 1 atom stereocenters. The molecule has 2 rings (SSSR count). The van der Waals surface area contributed by atoms with Crippen molar-refractivity contribution in [3.05, 3.63) is 35.6 Å². The van der Waals surface area contributed by atoms with Gasteiger partial charge in [0.1, 0.15) is 5.82 Å². The summed E-state index contributed by atoms with van der Waals surface area (Å²) < 4.78 is 36.6. The van der Waals surface area contributed by atoms with Crippen LogP contribution in [0.4, 0.5) is 4.39 Å². The highest BCUT2D eigenvalue weighted by Gasteiger charge is 2.32. The zero-order valence-electron chi connectivity index (χ0n) is 12.0. The topological polar surface area (TPSA) is 37.4 Å². The Balaban J connectivity index is 2.12. The fourth-order valence-corrected chi connectivity index (χ4v) is 4.51. The minimum atomic E-state index is -2.89. The Labute approximate surface area is 120 Å². The van der Waals surface area contributed by atoms with Crippen molar-refractivity contribution in [3.63, 3.8) is 0 Å². The molecule has 0 N–H and O–H groups in total. The van der Waals surface area contributed by atoms with E-state index in [-0.39, 0.29) is 23.4 Å². The third kappa shape index (κ3) is 4.28. The van der Waals surface area contributed by atoms with Gasteiger partial charge in [0.2, 0.25) is 0 Å². The van der Waals surface area contributed by atoms with E-state index >= 15 is 0 Å². The van der Waals surface area contributed by atoms with Crippen LogP contribution in [0.25, 0.3) is 0 Å². The first-order valence-corrected chi connectivity index (χ1v) is 8.87. The van der Waals surface area contributed by atoms with Crippen molar-refractivity contribution < 1.29 is 12.8 Å². The molecule has 1 aromatic rings. The third-order valence-corrected chi connectivity index (χ3v) is 5.35. The molecule has 0 aliphatic carbocycles. The van der Waals surface area contributed by atoms with Crippen molar-refractivity contribution in [2.24, 2.45) is 5.92 Å². The Morgan fingerprint density at radius 2 is 2.15 bits per heavy atom. The van der Waals surface area contributed by atoms with Crippen LogP contribution in [0.15, 0.2) is 24.3 Å². The fourth-order valence-electron chi connectivity index (χ4n) is 2.74. The Hall–Kier alpha value is -0.940. The van der Waals surface area contributed by atoms with Gasteiger partial charge in [-0.25, -0.2) is 12.8 Å². The summed E-state index contributed by atoms with van der Waals surface area (Å²) in [6, 6.07) is 6.60. The summed E-state index contributed by atoms with van der Waals surface area (Å²) in [5.41, 5.74) is 0.898. The number of benzene rings is 1. The van der Waals surface area contributed by atoms with Crippen molar-refractivity contribution in [2.75, 3.05) is 18.1 Å². The van der Waals surface area contributed by atoms with Gasteiger partial charge in [-0.1, -0.05) is 26.0 Å². The van der Waals surface area contributed by atoms with Crippen LogP contribution in [0.5, 0.6) is 0 Å². The van der Waals surface area contributed by atoms with E-state index < -0.39 is 9.84 Å². The predicted octanol–water partition coefficient (Wildman–Crippen LogP) is 2.47. The lowest BCUT2D eigenvalue weighted by Crippen LogP contribution is -2.38. The van der Waals surface area contributed by atoms with Crippen LogP contribution in [0, 0.1) is 11.7 Å². The van der Waals surface area contributed by atoms with E-state index in [9.17, 15) is 12.8 Å². The van der Waals surface area contributed by atoms with Crippen LogP contribution in [-0.2, 0) is 16.4 Å². The van der Waals surface area contributed by atoms with Crippen LogP contribution in [0.3, 0.4) is 0 Å². The number of nitrogens with zero attached hydrogens (tertiary/aromatic N) is 1. The lowest BCUT2D eigenvalue weighted by molar-refractivity contribution is 0.181. The van der Waals surface area contributed by atoms with E-state index in [4.69, 9.17) is 0 Å². The Kier molecular flexibility index (Phi) is 4.81. The minimum Gasteiger partial charge on any atom is -0.295 e. The minimum absolute atomic E-state index is 0.0608. The summed E-state index contributed by atoms with van der Waals surface area (Å²) in [7, 11) is -2.89. The van der Waals surface area contributed by atoms with E-state index in [0.717, 1.165) is 12.1 Å². The molecule has 1 aromatic carbocycles. The number of hydrogen-bond donors (Lipinski definition) is 0. The van der Waals surface area contributed by atoms with Gasteiger partial charge < -0.3 is 0 Å². The van der Waals surface area contributed by atoms with Gasteiger partial charge in [-0.3, -0.25) is 4.90 Å². The van der Waals surface area contributed by atoms with Crippen LogP contribution in [0.2, 0.25) is 0 Å². The smallest absolute Gasteiger partial charge is 0.151 e. The molecule has 1 aliphatic rings. The summed E-state index contributed by atoms with van der Waals surface area (Å²) in [5.74, 6) is 0.711. The SMILES string of the molecule is CC(C)CN(Cc1cccc(F)c1)[C@H]1CCS(=O)(=O)C1. The van der Waals surface area contributed by atoms with Crippen LogP contribution in [-0.4, -0.2) is 37.4 Å². The zero-order valence-corrected chi connectivity index (χ0v) is 12.9. The van der Waals surface area contributed by atoms with Crippen molar-refractivity contribution in [3.8, 4) is 0 Å². The monoisotopic (exact) mass is 299 g/mol. The van der Waals surface area contributed by atoms with Gasteiger partial charge in [-0.05, 0) is 30.0 Å². The molecule has 1 heterocycles. The summed E-state index contributed by atoms with van der Waals surface area (Å²) in [5, 5.41) is 0. The summed E-state index contributed by atoms with van der Waals surface area (Å²) in [6.45, 7) is 5.66. The summed E-state index contributed by atoms with van der Waals surface area (Å²) >= 11 is 0. The van der Waals surface area contributed by atoms with Gasteiger partial charge in [0.25, 0.3) is 0 Å². The van der Waals surface area contributed by atoms with Crippen molar-refractivity contribution in [2.45, 2.75) is 32.9 Å². The maximum absolute atomic E-state index is 13.3. The molecule has 0 aromatic heterocycles. The molecule has 3 nitrogen and oxygen atoms in total. The molecular weight excluding hydrogens is 277 g/mol. The standard InChI is InChI=1S/C15H22FNO2S/c1-12(2)9-17(15-6-7-20(18,19)11-15)10-13-4-3-5-14(16)8-13/h3-5,8,12,15H,6-7,9-11H2,1-2H3/t15-/m0/s1. The van der Waals surface area contributed by atoms with Crippen molar-refractivity contribution in [1.29, 1.82) is 0 Å². The molecule has 5 heteroatoms. The summed E-state index contributed by atoms with van der Waals surface area (Å²) in [4.78, 5) is 2.18. The Morgan fingerprint density at radius 1 is 1.40 bits per heavy atom. The molecule has 0 amide bonds. The highest BCUT2D eigenvalue weighted by molar-refractivity contribution is 7.91. The lowest BCUT2D eigenvalue weighted by atomic mass is 10.1. The van der Waals surface area contributed by atoms with E-state index in [0.29, 0.717) is 18.9 Å². The molecule has 1 saturated heterocycles. The van der Waals surface area contributed by atoms with Crippen LogP contribution in [0.1, 0.15) is 25.8 Å². The first kappa shape index (κ1) is 15.4. The van der Waals surface area contributed by atoms with Crippen LogP contribution >= 0.6 is 0 Å². The van der Waals surface area contributed by atoms with E-state index in [2.05, 4.69) is 18.7 Å². The quantitative estimate of drug-likeness (QED) is 0.838. The first-order chi connectivity index (χ1) is 9.35. The molecule has 112 valence electrons. The van der Waals surface area contributed by atoms with Gasteiger partial charge in [0, 0.05) is 19.1 Å². The molecule has 0 saturated carbocycles. The first-order valence-electron chi connectivity index (χ1n) is 7.04. The fraction of sp³-hybridized carbons (Fsp3) is 0.600. The van der Waals surface area contributed by atoms with E-state index in [1.807, 2.05) is 6.07 Å². The average Bonchev–Trinajstić information content (AvgIpc) is 2.68. The van der Waals surface area contributed by atoms with Crippen LogP contribution < -0.4 is 0 Å². The molecule has 1 fully saturated rings. The Bertz CT molecular complexity index is 557. The number of sulfone groups is 1. The number of halogens is 1. The largest absolute Gasteiger partial charge is 0.295 e. The van der Waals surface area contributed by atoms with Gasteiger partial charge in [0.05, 0.1) is 11.5 Å². The highest BCUT2D eigenvalue weighted by Crippen LogP contribution is 2.21. The maximum atomic E-state index is 13.3. The second kappa shape index (κ2) is 6.22. The molecular formula is C15H22FNO2S. The molecule has 0 spiro atoms. The molecule has 1 aliphatic heterocycles. The second-order valence-electron chi connectivity index (χ2n) is 6.01. The van der Waals surface area contributed by atoms with Crippen molar-refractivity contribution >= 4 is 9.84 Å². The van der Waals surface area contributed by atoms with Crippen molar-refractivity contribution in [1.82, 2.24) is 4.90 Å². The van der Waals surface area contributed by atoms with Gasteiger partial charge in [-0.2, -0.15) is 0 Å². The predicted molar refractivity (Wildman–Crippen MR) is 78.7 cm³/mol. The second-order valence-corrected chi connectivity index (χ2v) is 8.24. The Morgan fingerprint density at radius 3 is 2.70 bits per heavy atom.